The largest absolute Gasteiger partial charge is 0.490 e. The molecule has 0 spiro atoms. The fraction of sp³-hybridized carbons (Fsp3) is 0.100. The van der Waals surface area contributed by atoms with Gasteiger partial charge in [-0.2, -0.15) is 0 Å². The van der Waals surface area contributed by atoms with E-state index >= 15 is 0 Å². The topological polar surface area (TPSA) is 99.3 Å². The minimum absolute atomic E-state index is 0.0604. The average molecular weight is 378 g/mol. The van der Waals surface area contributed by atoms with Crippen LogP contribution in [-0.4, -0.2) is 27.0 Å². The van der Waals surface area contributed by atoms with Gasteiger partial charge in [0.05, 0.1) is 29.0 Å². The lowest BCUT2D eigenvalue weighted by Crippen LogP contribution is -2.11. The maximum Gasteiger partial charge on any atom is 0.276 e. The van der Waals surface area contributed by atoms with E-state index in [1.807, 2.05) is 16.8 Å². The molecule has 0 aliphatic carbocycles. The lowest BCUT2D eigenvalue weighted by atomic mass is 10.1. The molecule has 0 atom stereocenters. The van der Waals surface area contributed by atoms with Gasteiger partial charge in [0.15, 0.2) is 0 Å². The van der Waals surface area contributed by atoms with Crippen molar-refractivity contribution in [3.05, 3.63) is 89.0 Å². The standard InChI is InChI=1S/C20H18N4O4/c25-20(10-9-16-5-1-3-7-18(16)24(26)27)22-17-6-2-4-8-19(17)28-14-13-23-12-11-21-15-23/h1-12,15H,13-14H2,(H,22,25)/b10-9+. The number of nitrogens with zero attached hydrogens (tertiary/aromatic N) is 3. The molecule has 3 rings (SSSR count). The van der Waals surface area contributed by atoms with Crippen LogP contribution in [0.2, 0.25) is 0 Å². The smallest absolute Gasteiger partial charge is 0.276 e. The van der Waals surface area contributed by atoms with Crippen LogP contribution in [0.1, 0.15) is 5.56 Å². The van der Waals surface area contributed by atoms with Crippen LogP contribution >= 0.6 is 0 Å². The lowest BCUT2D eigenvalue weighted by molar-refractivity contribution is -0.385. The van der Waals surface area contributed by atoms with Crippen molar-refractivity contribution < 1.29 is 14.5 Å². The highest BCUT2D eigenvalue weighted by Gasteiger charge is 2.10. The molecular formula is C20H18N4O4. The molecular weight excluding hydrogens is 360 g/mol. The number of para-hydroxylation sites is 3. The molecule has 0 unspecified atom stereocenters. The molecule has 8 nitrogen and oxygen atoms in total. The summed E-state index contributed by atoms with van der Waals surface area (Å²) in [5.41, 5.74) is 0.813. The minimum Gasteiger partial charge on any atom is -0.490 e. The SMILES string of the molecule is O=C(/C=C/c1ccccc1[N+](=O)[O-])Nc1ccccc1OCCn1ccnc1. The number of carbonyl (C=O) groups excluding carboxylic acids is 1. The van der Waals surface area contributed by atoms with Gasteiger partial charge < -0.3 is 14.6 Å². The van der Waals surface area contributed by atoms with E-state index in [4.69, 9.17) is 4.74 Å². The van der Waals surface area contributed by atoms with Crippen molar-refractivity contribution >= 4 is 23.4 Å². The summed E-state index contributed by atoms with van der Waals surface area (Å²) in [6.07, 6.45) is 7.90. The normalized spacial score (nSPS) is 10.7. The molecule has 0 bridgehead atoms. The molecule has 3 aromatic rings. The van der Waals surface area contributed by atoms with Crippen LogP contribution < -0.4 is 10.1 Å². The first-order valence-electron chi connectivity index (χ1n) is 8.53. The van der Waals surface area contributed by atoms with Gasteiger partial charge in [-0.15, -0.1) is 0 Å². The number of nitro benzene ring substituents is 1. The number of nitro groups is 1. The summed E-state index contributed by atoms with van der Waals surface area (Å²) in [5, 5.41) is 13.8. The van der Waals surface area contributed by atoms with Gasteiger partial charge in [-0.25, -0.2) is 4.98 Å². The van der Waals surface area contributed by atoms with E-state index in [9.17, 15) is 14.9 Å². The zero-order valence-corrected chi connectivity index (χ0v) is 14.9. The molecule has 0 saturated carbocycles. The maximum atomic E-state index is 12.2. The van der Waals surface area contributed by atoms with Gasteiger partial charge in [-0.3, -0.25) is 14.9 Å². The number of rotatable bonds is 8. The third-order valence-corrected chi connectivity index (χ3v) is 3.86. The highest BCUT2D eigenvalue weighted by molar-refractivity contribution is 6.03. The van der Waals surface area contributed by atoms with Crippen molar-refractivity contribution in [2.75, 3.05) is 11.9 Å². The molecule has 1 heterocycles. The van der Waals surface area contributed by atoms with Crippen molar-refractivity contribution in [2.24, 2.45) is 0 Å². The number of benzene rings is 2. The summed E-state index contributed by atoms with van der Waals surface area (Å²) >= 11 is 0. The van der Waals surface area contributed by atoms with Gasteiger partial charge >= 0.3 is 0 Å². The summed E-state index contributed by atoms with van der Waals surface area (Å²) in [4.78, 5) is 26.8. The second-order valence-electron chi connectivity index (χ2n) is 5.78. The van der Waals surface area contributed by atoms with Crippen LogP contribution in [0.4, 0.5) is 11.4 Å². The Morgan fingerprint density at radius 3 is 2.79 bits per heavy atom. The molecule has 8 heteroatoms. The summed E-state index contributed by atoms with van der Waals surface area (Å²) in [7, 11) is 0. The number of hydrogen-bond donors (Lipinski definition) is 1. The Balaban J connectivity index is 1.63. The zero-order valence-electron chi connectivity index (χ0n) is 14.9. The van der Waals surface area contributed by atoms with Gasteiger partial charge in [0.2, 0.25) is 5.91 Å². The molecule has 1 amide bonds. The molecule has 2 aromatic carbocycles. The van der Waals surface area contributed by atoms with Crippen LogP contribution in [0.25, 0.3) is 6.08 Å². The van der Waals surface area contributed by atoms with Crippen LogP contribution in [0.15, 0.2) is 73.3 Å². The van der Waals surface area contributed by atoms with Crippen LogP contribution in [0.5, 0.6) is 5.75 Å². The van der Waals surface area contributed by atoms with E-state index in [-0.39, 0.29) is 5.69 Å². The first-order valence-corrected chi connectivity index (χ1v) is 8.53. The number of ether oxygens (including phenoxy) is 1. The van der Waals surface area contributed by atoms with Crippen LogP contribution in [0.3, 0.4) is 0 Å². The number of hydrogen-bond acceptors (Lipinski definition) is 5. The van der Waals surface area contributed by atoms with Crippen molar-refractivity contribution in [3.63, 3.8) is 0 Å². The molecule has 0 aliphatic rings. The fourth-order valence-corrected chi connectivity index (χ4v) is 2.51. The first-order chi connectivity index (χ1) is 13.6. The van der Waals surface area contributed by atoms with E-state index < -0.39 is 10.8 Å². The molecule has 0 aliphatic heterocycles. The summed E-state index contributed by atoms with van der Waals surface area (Å²) in [6.45, 7) is 1.04. The van der Waals surface area contributed by atoms with Gasteiger partial charge in [-0.1, -0.05) is 24.3 Å². The van der Waals surface area contributed by atoms with E-state index in [0.29, 0.717) is 30.2 Å². The Bertz CT molecular complexity index is 983. The second kappa shape index (κ2) is 9.13. The first kappa shape index (κ1) is 18.8. The molecule has 1 N–H and O–H groups in total. The molecule has 1 aromatic heterocycles. The minimum atomic E-state index is -0.485. The Morgan fingerprint density at radius 1 is 1.21 bits per heavy atom. The van der Waals surface area contributed by atoms with Crippen molar-refractivity contribution in [3.8, 4) is 5.75 Å². The predicted octanol–water partition coefficient (Wildman–Crippen LogP) is 3.52. The number of imidazole rings is 1. The van der Waals surface area contributed by atoms with Crippen molar-refractivity contribution in [1.29, 1.82) is 0 Å². The summed E-state index contributed by atoms with van der Waals surface area (Å²) in [6, 6.07) is 13.3. The number of amides is 1. The van der Waals surface area contributed by atoms with E-state index in [1.54, 1.807) is 48.9 Å². The monoisotopic (exact) mass is 378 g/mol. The highest BCUT2D eigenvalue weighted by atomic mass is 16.6. The molecule has 0 saturated heterocycles. The highest BCUT2D eigenvalue weighted by Crippen LogP contribution is 2.24. The number of aromatic nitrogens is 2. The van der Waals surface area contributed by atoms with E-state index in [0.717, 1.165) is 0 Å². The van der Waals surface area contributed by atoms with Gasteiger partial charge in [-0.05, 0) is 24.3 Å². The summed E-state index contributed by atoms with van der Waals surface area (Å²) < 4.78 is 7.63. The quantitative estimate of drug-likeness (QED) is 0.367. The van der Waals surface area contributed by atoms with E-state index in [1.165, 1.54) is 18.2 Å². The Labute approximate surface area is 161 Å². The van der Waals surface area contributed by atoms with Gasteiger partial charge in [0.25, 0.3) is 5.69 Å². The van der Waals surface area contributed by atoms with Gasteiger partial charge in [0, 0.05) is 24.5 Å². The van der Waals surface area contributed by atoms with Gasteiger partial charge in [0.1, 0.15) is 12.4 Å². The molecule has 0 fully saturated rings. The maximum absolute atomic E-state index is 12.2. The second-order valence-corrected chi connectivity index (χ2v) is 5.78. The number of nitrogens with one attached hydrogen (secondary N) is 1. The van der Waals surface area contributed by atoms with Crippen LogP contribution in [-0.2, 0) is 11.3 Å². The molecule has 28 heavy (non-hydrogen) atoms. The van der Waals surface area contributed by atoms with Crippen molar-refractivity contribution in [1.82, 2.24) is 9.55 Å². The average Bonchev–Trinajstić information content (AvgIpc) is 3.21. The van der Waals surface area contributed by atoms with Crippen LogP contribution in [0, 0.1) is 10.1 Å². The number of anilines is 1. The van der Waals surface area contributed by atoms with E-state index in [2.05, 4.69) is 10.3 Å². The summed E-state index contributed by atoms with van der Waals surface area (Å²) in [5.74, 6) is 0.124. The molecule has 0 radical (unpaired) electrons. The third-order valence-electron chi connectivity index (χ3n) is 3.86. The predicted molar refractivity (Wildman–Crippen MR) is 105 cm³/mol. The number of carbonyl (C=O) groups is 1. The lowest BCUT2D eigenvalue weighted by Gasteiger charge is -2.11. The Morgan fingerprint density at radius 2 is 2.00 bits per heavy atom. The van der Waals surface area contributed by atoms with Crippen molar-refractivity contribution in [2.45, 2.75) is 6.54 Å². The zero-order chi connectivity index (χ0) is 19.8. The Kier molecular flexibility index (Phi) is 6.14. The third kappa shape index (κ3) is 5.04. The Hall–Kier alpha value is -3.94. The fourth-order valence-electron chi connectivity index (χ4n) is 2.51. The molecule has 142 valence electrons.